The van der Waals surface area contributed by atoms with Crippen LogP contribution in [-0.2, 0) is 23.1 Å². The van der Waals surface area contributed by atoms with E-state index in [1.54, 1.807) is 11.1 Å². The molecule has 130 valence electrons. The van der Waals surface area contributed by atoms with Crippen LogP contribution in [0.15, 0.2) is 18.5 Å². The summed E-state index contributed by atoms with van der Waals surface area (Å²) in [5.41, 5.74) is 3.07. The Labute approximate surface area is 142 Å². The lowest BCUT2D eigenvalue weighted by atomic mass is 9.93. The average Bonchev–Trinajstić information content (AvgIpc) is 3.27. The van der Waals surface area contributed by atoms with Gasteiger partial charge in [-0.25, -0.2) is 0 Å². The summed E-state index contributed by atoms with van der Waals surface area (Å²) in [6, 6.07) is 1.89. The molecule has 0 saturated carbocycles. The summed E-state index contributed by atoms with van der Waals surface area (Å²) in [4.78, 5) is 14.7. The van der Waals surface area contributed by atoms with E-state index >= 15 is 0 Å². The molecule has 3 rings (SSSR count). The van der Waals surface area contributed by atoms with Gasteiger partial charge in [0.25, 0.3) is 0 Å². The number of aromatic nitrogens is 4. The molecule has 1 aliphatic heterocycles. The minimum Gasteiger partial charge on any atom is -0.373 e. The Balaban J connectivity index is 1.71. The summed E-state index contributed by atoms with van der Waals surface area (Å²) in [5.74, 6) is -0.0125. The van der Waals surface area contributed by atoms with E-state index in [9.17, 15) is 4.79 Å². The standard InChI is InChI=1S/C17H25N5O2/c1-12-15(13(2)21(4)19-12)16-14(6-11-24-16)17(23)20(3)9-10-22-8-5-7-18-22/h5,7-8,14,16H,6,9-11H2,1-4H3/t14-,16-/m0/s1. The summed E-state index contributed by atoms with van der Waals surface area (Å²) >= 11 is 0. The smallest absolute Gasteiger partial charge is 0.228 e. The van der Waals surface area contributed by atoms with E-state index in [1.165, 1.54) is 0 Å². The maximum Gasteiger partial charge on any atom is 0.228 e. The van der Waals surface area contributed by atoms with Crippen molar-refractivity contribution in [2.24, 2.45) is 13.0 Å². The Morgan fingerprint density at radius 2 is 2.25 bits per heavy atom. The van der Waals surface area contributed by atoms with E-state index < -0.39 is 0 Å². The first kappa shape index (κ1) is 16.7. The number of ether oxygens (including phenoxy) is 1. The van der Waals surface area contributed by atoms with Gasteiger partial charge in [0, 0.05) is 50.9 Å². The number of aryl methyl sites for hydroxylation is 2. The molecule has 1 amide bonds. The van der Waals surface area contributed by atoms with Gasteiger partial charge in [0.05, 0.1) is 24.3 Å². The number of likely N-dealkylation sites (N-methyl/N-ethyl adjacent to an activating group) is 1. The first-order valence-electron chi connectivity index (χ1n) is 8.33. The third-order valence-electron chi connectivity index (χ3n) is 4.86. The summed E-state index contributed by atoms with van der Waals surface area (Å²) in [7, 11) is 3.78. The van der Waals surface area contributed by atoms with Crippen LogP contribution >= 0.6 is 0 Å². The number of carbonyl (C=O) groups excluding carboxylic acids is 1. The number of hydrogen-bond donors (Lipinski definition) is 0. The number of amides is 1. The number of hydrogen-bond acceptors (Lipinski definition) is 4. The fraction of sp³-hybridized carbons (Fsp3) is 0.588. The lowest BCUT2D eigenvalue weighted by molar-refractivity contribution is -0.136. The molecule has 1 fully saturated rings. The van der Waals surface area contributed by atoms with E-state index in [4.69, 9.17) is 4.74 Å². The first-order valence-corrected chi connectivity index (χ1v) is 8.33. The SMILES string of the molecule is Cc1nn(C)c(C)c1[C@H]1OCC[C@@H]1C(=O)N(C)CCn1cccn1. The van der Waals surface area contributed by atoms with Crippen LogP contribution in [0.4, 0.5) is 0 Å². The molecule has 24 heavy (non-hydrogen) atoms. The van der Waals surface area contributed by atoms with Crippen LogP contribution in [0.5, 0.6) is 0 Å². The molecule has 2 aromatic heterocycles. The van der Waals surface area contributed by atoms with Crippen LogP contribution in [0.25, 0.3) is 0 Å². The Kier molecular flexibility index (Phi) is 4.71. The Morgan fingerprint density at radius 1 is 1.46 bits per heavy atom. The quantitative estimate of drug-likeness (QED) is 0.832. The molecule has 0 N–H and O–H groups in total. The molecule has 1 aliphatic rings. The van der Waals surface area contributed by atoms with Crippen LogP contribution in [0.1, 0.15) is 29.5 Å². The summed E-state index contributed by atoms with van der Waals surface area (Å²) in [6.07, 6.45) is 4.21. The lowest BCUT2D eigenvalue weighted by Crippen LogP contribution is -2.36. The Hall–Kier alpha value is -2.15. The molecule has 0 aliphatic carbocycles. The highest BCUT2D eigenvalue weighted by atomic mass is 16.5. The van der Waals surface area contributed by atoms with E-state index in [0.717, 1.165) is 23.4 Å². The normalized spacial score (nSPS) is 20.5. The van der Waals surface area contributed by atoms with Crippen LogP contribution in [0, 0.1) is 19.8 Å². The molecule has 1 saturated heterocycles. The van der Waals surface area contributed by atoms with Gasteiger partial charge in [-0.1, -0.05) is 0 Å². The van der Waals surface area contributed by atoms with Crippen molar-refractivity contribution in [1.82, 2.24) is 24.5 Å². The van der Waals surface area contributed by atoms with Crippen molar-refractivity contribution >= 4 is 5.91 Å². The van der Waals surface area contributed by atoms with Gasteiger partial charge in [-0.3, -0.25) is 14.2 Å². The lowest BCUT2D eigenvalue weighted by Gasteiger charge is -2.24. The molecule has 0 radical (unpaired) electrons. The molecular formula is C17H25N5O2. The third-order valence-corrected chi connectivity index (χ3v) is 4.86. The number of nitrogens with zero attached hydrogens (tertiary/aromatic N) is 5. The predicted molar refractivity (Wildman–Crippen MR) is 89.3 cm³/mol. The van der Waals surface area contributed by atoms with Crippen LogP contribution in [0.3, 0.4) is 0 Å². The monoisotopic (exact) mass is 331 g/mol. The molecule has 2 aromatic rings. The van der Waals surface area contributed by atoms with Gasteiger partial charge in [-0.05, 0) is 26.3 Å². The molecule has 3 heterocycles. The van der Waals surface area contributed by atoms with Gasteiger partial charge in [-0.15, -0.1) is 0 Å². The van der Waals surface area contributed by atoms with Crippen molar-refractivity contribution in [3.8, 4) is 0 Å². The minimum absolute atomic E-state index is 0.132. The fourth-order valence-electron chi connectivity index (χ4n) is 3.41. The summed E-state index contributed by atoms with van der Waals surface area (Å²) in [6.45, 7) is 5.95. The van der Waals surface area contributed by atoms with Crippen molar-refractivity contribution in [1.29, 1.82) is 0 Å². The third kappa shape index (κ3) is 3.08. The highest BCUT2D eigenvalue weighted by Crippen LogP contribution is 2.38. The van der Waals surface area contributed by atoms with Crippen molar-refractivity contribution < 1.29 is 9.53 Å². The van der Waals surface area contributed by atoms with Crippen LogP contribution in [0.2, 0.25) is 0 Å². The zero-order valence-electron chi connectivity index (χ0n) is 14.8. The molecule has 7 heteroatoms. The van der Waals surface area contributed by atoms with Crippen molar-refractivity contribution in [3.63, 3.8) is 0 Å². The predicted octanol–water partition coefficient (Wildman–Crippen LogP) is 1.47. The van der Waals surface area contributed by atoms with Gasteiger partial charge < -0.3 is 9.64 Å². The summed E-state index contributed by atoms with van der Waals surface area (Å²) in [5, 5.41) is 8.64. The van der Waals surface area contributed by atoms with E-state index in [-0.39, 0.29) is 17.9 Å². The maximum absolute atomic E-state index is 12.9. The first-order chi connectivity index (χ1) is 11.5. The largest absolute Gasteiger partial charge is 0.373 e. The van der Waals surface area contributed by atoms with Crippen molar-refractivity contribution in [3.05, 3.63) is 35.4 Å². The van der Waals surface area contributed by atoms with Crippen molar-refractivity contribution in [2.45, 2.75) is 32.9 Å². The van der Waals surface area contributed by atoms with E-state index in [0.29, 0.717) is 19.7 Å². The maximum atomic E-state index is 12.9. The topological polar surface area (TPSA) is 65.2 Å². The molecule has 0 bridgehead atoms. The number of carbonyl (C=O) groups is 1. The second-order valence-electron chi connectivity index (χ2n) is 6.42. The van der Waals surface area contributed by atoms with Gasteiger partial charge in [0.15, 0.2) is 0 Å². The molecule has 0 unspecified atom stereocenters. The molecule has 2 atom stereocenters. The minimum atomic E-state index is -0.196. The van der Waals surface area contributed by atoms with Crippen molar-refractivity contribution in [2.75, 3.05) is 20.2 Å². The van der Waals surface area contributed by atoms with Crippen LogP contribution in [-0.4, -0.2) is 50.6 Å². The van der Waals surface area contributed by atoms with Gasteiger partial charge >= 0.3 is 0 Å². The fourth-order valence-corrected chi connectivity index (χ4v) is 3.41. The zero-order valence-corrected chi connectivity index (χ0v) is 14.8. The molecule has 7 nitrogen and oxygen atoms in total. The second kappa shape index (κ2) is 6.76. The zero-order chi connectivity index (χ0) is 17.3. The Bertz CT molecular complexity index is 707. The molecule has 0 spiro atoms. The Morgan fingerprint density at radius 3 is 2.88 bits per heavy atom. The highest BCUT2D eigenvalue weighted by molar-refractivity contribution is 5.79. The number of rotatable bonds is 5. The van der Waals surface area contributed by atoms with Crippen LogP contribution < -0.4 is 0 Å². The molecule has 0 aromatic carbocycles. The highest BCUT2D eigenvalue weighted by Gasteiger charge is 2.39. The van der Waals surface area contributed by atoms with Gasteiger partial charge in [0.2, 0.25) is 5.91 Å². The van der Waals surface area contributed by atoms with Gasteiger partial charge in [-0.2, -0.15) is 10.2 Å². The van der Waals surface area contributed by atoms with E-state index in [2.05, 4.69) is 10.2 Å². The molecular weight excluding hydrogens is 306 g/mol. The second-order valence-corrected chi connectivity index (χ2v) is 6.42. The summed E-state index contributed by atoms with van der Waals surface area (Å²) < 4.78 is 9.62. The average molecular weight is 331 g/mol. The van der Waals surface area contributed by atoms with Gasteiger partial charge in [0.1, 0.15) is 0 Å². The van der Waals surface area contributed by atoms with E-state index in [1.807, 2.05) is 49.6 Å².